The molecule has 0 saturated heterocycles. The Balaban J connectivity index is 1.55. The molecule has 2 aromatic carbocycles. The Kier molecular flexibility index (Phi) is 12.6. The minimum absolute atomic E-state index is 0.0577. The maximum Gasteiger partial charge on any atom is 0.348 e. The van der Waals surface area contributed by atoms with E-state index in [1.54, 1.807) is 45.9 Å². The molecular weight excluding hydrogens is 659 g/mol. The molecular formula is C33H37N5O8S2. The zero-order valence-electron chi connectivity index (χ0n) is 27.4. The van der Waals surface area contributed by atoms with Crippen LogP contribution >= 0.6 is 23.1 Å². The van der Waals surface area contributed by atoms with Gasteiger partial charge in [0.05, 0.1) is 51.3 Å². The molecule has 0 fully saturated rings. The van der Waals surface area contributed by atoms with Crippen molar-refractivity contribution in [2.45, 2.75) is 51.2 Å². The third-order valence-corrected chi connectivity index (χ3v) is 9.27. The summed E-state index contributed by atoms with van der Waals surface area (Å²) in [5, 5.41) is 14.3. The van der Waals surface area contributed by atoms with Crippen molar-refractivity contribution in [3.05, 3.63) is 81.5 Å². The van der Waals surface area contributed by atoms with Crippen LogP contribution in [0.25, 0.3) is 0 Å². The molecule has 0 aliphatic carbocycles. The Morgan fingerprint density at radius 1 is 0.938 bits per heavy atom. The van der Waals surface area contributed by atoms with Crippen LogP contribution in [0, 0.1) is 6.92 Å². The number of carbonyl (C=O) groups excluding carboxylic acids is 4. The van der Waals surface area contributed by atoms with E-state index in [2.05, 4.69) is 20.8 Å². The van der Waals surface area contributed by atoms with Crippen molar-refractivity contribution < 1.29 is 38.1 Å². The molecule has 15 heteroatoms. The van der Waals surface area contributed by atoms with Crippen LogP contribution in [0.5, 0.6) is 11.5 Å². The number of nitrogens with zero attached hydrogens (tertiary/aromatic N) is 3. The molecule has 0 saturated carbocycles. The summed E-state index contributed by atoms with van der Waals surface area (Å²) in [6.45, 7) is 7.38. The number of aromatic nitrogens is 3. The number of hydrogen-bond acceptors (Lipinski definition) is 12. The SMILES string of the molecule is CCOC(=O)c1sc(NC(=O)[C@@H](C)Sc2nnc(CNC(=O)c3ccc(OC)c(OC)c3)n2Cc2ccccc2)c(C(=O)OCC)c1C. The van der Waals surface area contributed by atoms with E-state index in [0.717, 1.165) is 28.7 Å². The summed E-state index contributed by atoms with van der Waals surface area (Å²) in [5.74, 6) is -0.624. The normalized spacial score (nSPS) is 11.4. The Bertz CT molecular complexity index is 1770. The standard InChI is InChI=1S/C33H37N5O8S2/c1-7-45-31(41)26-19(3)27(32(42)46-8-2)48-30(26)35-28(39)20(4)47-33-37-36-25(38(33)18-21-12-10-9-11-13-21)17-34-29(40)22-14-15-23(43-5)24(16-22)44-6/h9-16,20H,7-8,17-18H2,1-6H3,(H,34,40)(H,35,39)/t20-/m1/s1. The lowest BCUT2D eigenvalue weighted by Crippen LogP contribution is -2.25. The Morgan fingerprint density at radius 3 is 2.29 bits per heavy atom. The van der Waals surface area contributed by atoms with E-state index in [0.29, 0.717) is 40.2 Å². The average molecular weight is 696 g/mol. The first-order valence-electron chi connectivity index (χ1n) is 15.0. The maximum absolute atomic E-state index is 13.5. The smallest absolute Gasteiger partial charge is 0.348 e. The zero-order valence-corrected chi connectivity index (χ0v) is 29.1. The molecule has 0 spiro atoms. The van der Waals surface area contributed by atoms with E-state index < -0.39 is 23.1 Å². The summed E-state index contributed by atoms with van der Waals surface area (Å²) in [5.41, 5.74) is 1.81. The predicted octanol–water partition coefficient (Wildman–Crippen LogP) is 5.12. The van der Waals surface area contributed by atoms with Crippen LogP contribution in [-0.2, 0) is 27.4 Å². The lowest BCUT2D eigenvalue weighted by molar-refractivity contribution is -0.115. The minimum Gasteiger partial charge on any atom is -0.493 e. The maximum atomic E-state index is 13.5. The van der Waals surface area contributed by atoms with Crippen molar-refractivity contribution in [1.82, 2.24) is 20.1 Å². The second kappa shape index (κ2) is 16.8. The molecule has 0 radical (unpaired) electrons. The van der Waals surface area contributed by atoms with E-state index in [-0.39, 0.29) is 41.1 Å². The van der Waals surface area contributed by atoms with Gasteiger partial charge in [0.15, 0.2) is 22.5 Å². The van der Waals surface area contributed by atoms with E-state index in [9.17, 15) is 19.2 Å². The van der Waals surface area contributed by atoms with E-state index in [4.69, 9.17) is 18.9 Å². The highest BCUT2D eigenvalue weighted by atomic mass is 32.2. The monoisotopic (exact) mass is 695 g/mol. The van der Waals surface area contributed by atoms with E-state index in [1.165, 1.54) is 14.2 Å². The lowest BCUT2D eigenvalue weighted by Gasteiger charge is -2.15. The van der Waals surface area contributed by atoms with Crippen LogP contribution in [0.4, 0.5) is 5.00 Å². The van der Waals surface area contributed by atoms with E-state index in [1.807, 2.05) is 34.9 Å². The van der Waals surface area contributed by atoms with Gasteiger partial charge in [-0.1, -0.05) is 42.1 Å². The molecule has 254 valence electrons. The minimum atomic E-state index is -0.707. The van der Waals surface area contributed by atoms with Gasteiger partial charge in [-0.25, -0.2) is 9.59 Å². The van der Waals surface area contributed by atoms with Crippen molar-refractivity contribution in [2.75, 3.05) is 32.8 Å². The van der Waals surface area contributed by atoms with Gasteiger partial charge in [-0.3, -0.25) is 9.59 Å². The number of benzene rings is 2. The highest BCUT2D eigenvalue weighted by Crippen LogP contribution is 2.35. The van der Waals surface area contributed by atoms with Gasteiger partial charge in [0.25, 0.3) is 5.91 Å². The molecule has 1 atom stereocenters. The topological polar surface area (TPSA) is 160 Å². The molecule has 4 aromatic rings. The van der Waals surface area contributed by atoms with Crippen LogP contribution < -0.4 is 20.1 Å². The van der Waals surface area contributed by atoms with Gasteiger partial charge in [-0.2, -0.15) is 0 Å². The quantitative estimate of drug-likeness (QED) is 0.126. The molecule has 0 aliphatic heterocycles. The summed E-state index contributed by atoms with van der Waals surface area (Å²) < 4.78 is 22.7. The van der Waals surface area contributed by atoms with Crippen LogP contribution in [0.1, 0.15) is 68.1 Å². The van der Waals surface area contributed by atoms with E-state index >= 15 is 0 Å². The number of hydrogen-bond donors (Lipinski definition) is 2. The third-order valence-electron chi connectivity index (χ3n) is 7.01. The van der Waals surface area contributed by atoms with Gasteiger partial charge >= 0.3 is 11.9 Å². The highest BCUT2D eigenvalue weighted by molar-refractivity contribution is 8.00. The molecule has 0 unspecified atom stereocenters. The Morgan fingerprint density at radius 2 is 1.62 bits per heavy atom. The summed E-state index contributed by atoms with van der Waals surface area (Å²) in [6, 6.07) is 14.5. The third kappa shape index (κ3) is 8.52. The van der Waals surface area contributed by atoms with Crippen molar-refractivity contribution in [3.8, 4) is 11.5 Å². The Labute approximate surface area is 286 Å². The summed E-state index contributed by atoms with van der Waals surface area (Å²) in [4.78, 5) is 52.1. The first kappa shape index (κ1) is 36.0. The summed E-state index contributed by atoms with van der Waals surface area (Å²) in [6.07, 6.45) is 0. The number of carbonyl (C=O) groups is 4. The second-order valence-corrected chi connectivity index (χ2v) is 12.5. The zero-order chi connectivity index (χ0) is 34.8. The second-order valence-electron chi connectivity index (χ2n) is 10.2. The number of thiophene rings is 1. The van der Waals surface area contributed by atoms with Crippen molar-refractivity contribution >= 4 is 51.9 Å². The number of rotatable bonds is 15. The molecule has 13 nitrogen and oxygen atoms in total. The number of thioether (sulfide) groups is 1. The molecule has 4 rings (SSSR count). The number of amides is 2. The number of ether oxygens (including phenoxy) is 4. The molecule has 0 bridgehead atoms. The van der Waals surface area contributed by atoms with Crippen molar-refractivity contribution in [3.63, 3.8) is 0 Å². The fraction of sp³-hybridized carbons (Fsp3) is 0.333. The first-order chi connectivity index (χ1) is 23.1. The van der Waals surface area contributed by atoms with Gasteiger partial charge in [0.1, 0.15) is 9.88 Å². The first-order valence-corrected chi connectivity index (χ1v) is 16.7. The largest absolute Gasteiger partial charge is 0.493 e. The predicted molar refractivity (Wildman–Crippen MR) is 181 cm³/mol. The number of methoxy groups -OCH3 is 2. The number of esters is 2. The molecule has 2 heterocycles. The molecule has 48 heavy (non-hydrogen) atoms. The van der Waals surface area contributed by atoms with Gasteiger partial charge in [0.2, 0.25) is 5.91 Å². The molecule has 2 N–H and O–H groups in total. The van der Waals surface area contributed by atoms with Crippen LogP contribution in [-0.4, -0.2) is 71.2 Å². The number of anilines is 1. The molecule has 2 amide bonds. The van der Waals surface area contributed by atoms with Crippen LogP contribution in [0.3, 0.4) is 0 Å². The van der Waals surface area contributed by atoms with Gasteiger partial charge in [-0.15, -0.1) is 21.5 Å². The molecule has 2 aromatic heterocycles. The fourth-order valence-corrected chi connectivity index (χ4v) is 6.53. The summed E-state index contributed by atoms with van der Waals surface area (Å²) in [7, 11) is 3.01. The number of nitrogens with one attached hydrogen (secondary N) is 2. The van der Waals surface area contributed by atoms with Gasteiger partial charge < -0.3 is 34.1 Å². The fourth-order valence-electron chi connectivity index (χ4n) is 4.57. The van der Waals surface area contributed by atoms with Crippen LogP contribution in [0.15, 0.2) is 53.7 Å². The van der Waals surface area contributed by atoms with Crippen molar-refractivity contribution in [2.24, 2.45) is 0 Å². The highest BCUT2D eigenvalue weighted by Gasteiger charge is 2.29. The van der Waals surface area contributed by atoms with Gasteiger partial charge in [-0.05, 0) is 57.0 Å². The molecule has 0 aliphatic rings. The summed E-state index contributed by atoms with van der Waals surface area (Å²) >= 11 is 2.11. The van der Waals surface area contributed by atoms with Crippen molar-refractivity contribution in [1.29, 1.82) is 0 Å². The van der Waals surface area contributed by atoms with Gasteiger partial charge in [0, 0.05) is 5.56 Å². The van der Waals surface area contributed by atoms with Crippen LogP contribution in [0.2, 0.25) is 0 Å². The average Bonchev–Trinajstić information content (AvgIpc) is 3.62. The Hall–Kier alpha value is -4.89. The lowest BCUT2D eigenvalue weighted by atomic mass is 10.1.